The van der Waals surface area contributed by atoms with Gasteiger partial charge in [-0.25, -0.2) is 4.79 Å². The molecule has 0 aromatic carbocycles. The number of quaternary nitrogens is 1. The highest BCUT2D eigenvalue weighted by Crippen LogP contribution is 2.16. The quantitative estimate of drug-likeness (QED) is 0.0211. The molecule has 0 rings (SSSR count). The summed E-state index contributed by atoms with van der Waals surface area (Å²) in [6.45, 7) is 4.75. The summed E-state index contributed by atoms with van der Waals surface area (Å²) in [5, 5.41) is 9.74. The molecule has 0 aliphatic heterocycles. The monoisotopic (exact) mass is 1160 g/mol. The lowest BCUT2D eigenvalue weighted by atomic mass is 10.0. The van der Waals surface area contributed by atoms with Crippen LogP contribution in [0.25, 0.3) is 0 Å². The van der Waals surface area contributed by atoms with Crippen molar-refractivity contribution in [2.75, 3.05) is 47.5 Å². The Hall–Kier alpha value is -4.31. The molecule has 9 nitrogen and oxygen atoms in total. The number of allylic oxidation sites excluding steroid dienone is 20. The molecule has 83 heavy (non-hydrogen) atoms. The number of carboxylic acid groups (broad SMARTS) is 1. The minimum Gasteiger partial charge on any atom is -0.477 e. The molecule has 2 atom stereocenters. The van der Waals surface area contributed by atoms with E-state index < -0.39 is 24.3 Å². The Morgan fingerprint density at radius 1 is 0.373 bits per heavy atom. The molecule has 0 fully saturated rings. The maximum Gasteiger partial charge on any atom is 0.361 e. The lowest BCUT2D eigenvalue weighted by molar-refractivity contribution is -0.870. The first-order valence-corrected chi connectivity index (χ1v) is 33.7. The molecule has 9 heteroatoms. The van der Waals surface area contributed by atoms with Crippen molar-refractivity contribution in [2.45, 2.75) is 283 Å². The highest BCUT2D eigenvalue weighted by atomic mass is 16.7. The summed E-state index contributed by atoms with van der Waals surface area (Å²) in [6.07, 6.45) is 87.2. The Morgan fingerprint density at radius 3 is 1.02 bits per heavy atom. The normalized spacial score (nSPS) is 13.5. The Balaban J connectivity index is 4.17. The first kappa shape index (κ1) is 78.7. The second-order valence-corrected chi connectivity index (χ2v) is 23.4. The van der Waals surface area contributed by atoms with E-state index in [2.05, 4.69) is 135 Å². The summed E-state index contributed by atoms with van der Waals surface area (Å²) in [5.74, 6) is -2.02. The maximum absolute atomic E-state index is 12.9. The number of carbonyl (C=O) groups excluding carboxylic acids is 2. The van der Waals surface area contributed by atoms with Crippen molar-refractivity contribution < 1.29 is 42.9 Å². The van der Waals surface area contributed by atoms with Gasteiger partial charge in [-0.3, -0.25) is 9.59 Å². The molecule has 0 saturated heterocycles. The van der Waals surface area contributed by atoms with Crippen LogP contribution >= 0.6 is 0 Å². The molecular formula is C74H126NO8+. The van der Waals surface area contributed by atoms with E-state index in [0.29, 0.717) is 17.4 Å². The molecule has 0 aromatic heterocycles. The number of nitrogens with zero attached hydrogens (tertiary/aromatic N) is 1. The zero-order valence-corrected chi connectivity index (χ0v) is 54.1. The van der Waals surface area contributed by atoms with E-state index in [0.717, 1.165) is 109 Å². The summed E-state index contributed by atoms with van der Waals surface area (Å²) in [7, 11) is 5.97. The topological polar surface area (TPSA) is 108 Å². The molecule has 1 N–H and O–H groups in total. The van der Waals surface area contributed by atoms with Crippen LogP contribution in [0, 0.1) is 0 Å². The molecule has 0 aromatic rings. The molecule has 0 spiro atoms. The lowest BCUT2D eigenvalue weighted by Gasteiger charge is -2.25. The molecule has 0 aliphatic carbocycles. The van der Waals surface area contributed by atoms with E-state index in [1.54, 1.807) is 0 Å². The van der Waals surface area contributed by atoms with Crippen molar-refractivity contribution in [1.29, 1.82) is 0 Å². The number of aliphatic carboxylic acids is 1. The Morgan fingerprint density at radius 2 is 0.687 bits per heavy atom. The Labute approximate surface area is 510 Å². The maximum atomic E-state index is 12.9. The first-order chi connectivity index (χ1) is 40.6. The van der Waals surface area contributed by atoms with E-state index in [-0.39, 0.29) is 38.6 Å². The van der Waals surface area contributed by atoms with Gasteiger partial charge >= 0.3 is 17.9 Å². The van der Waals surface area contributed by atoms with Crippen LogP contribution in [0.15, 0.2) is 122 Å². The molecule has 2 unspecified atom stereocenters. The van der Waals surface area contributed by atoms with Crippen molar-refractivity contribution in [3.05, 3.63) is 122 Å². The molecule has 474 valence electrons. The number of unbranched alkanes of at least 4 members (excludes halogenated alkanes) is 26. The van der Waals surface area contributed by atoms with Gasteiger partial charge in [-0.05, 0) is 109 Å². The van der Waals surface area contributed by atoms with Crippen molar-refractivity contribution >= 4 is 17.9 Å². The standard InChI is InChI=1S/C74H125NO8/c1-6-8-10-12-14-16-18-20-22-24-26-28-30-31-32-33-34-35-36-37-38-39-40-41-43-45-47-49-51-53-55-57-59-61-63-65-72(77)83-70(69-82-74(73(78)79)80-67-66-75(3,4)5)68-81-71(76)64-62-60-58-56-54-52-50-48-46-44-42-29-27-25-23-21-19-17-15-13-11-9-7-2/h8,10,14,16,19-22,25-28,31-32,34-35,37-38,42,44,70,74H,6-7,9,11-13,15,17-18,23-24,29-30,33,36,39-41,43,45-69H2,1-5H3/p+1/b10-8-,16-14-,21-19-,22-20-,27-25-,28-26-,32-31-,35-34-,38-37-,44-42-. The van der Waals surface area contributed by atoms with Crippen LogP contribution in [0.5, 0.6) is 0 Å². The highest BCUT2D eigenvalue weighted by Gasteiger charge is 2.25. The average molecular weight is 1160 g/mol. The van der Waals surface area contributed by atoms with Gasteiger partial charge in [0.15, 0.2) is 6.10 Å². The zero-order valence-electron chi connectivity index (χ0n) is 54.1. The van der Waals surface area contributed by atoms with Gasteiger partial charge in [0, 0.05) is 12.8 Å². The molecule has 0 radical (unpaired) electrons. The fourth-order valence-electron chi connectivity index (χ4n) is 9.06. The number of hydrogen-bond acceptors (Lipinski definition) is 7. The van der Waals surface area contributed by atoms with E-state index >= 15 is 0 Å². The largest absolute Gasteiger partial charge is 0.477 e. The van der Waals surface area contributed by atoms with Crippen LogP contribution in [0.2, 0.25) is 0 Å². The molecule has 0 aliphatic rings. The van der Waals surface area contributed by atoms with Gasteiger partial charge in [-0.15, -0.1) is 0 Å². The number of carboxylic acids is 1. The van der Waals surface area contributed by atoms with Gasteiger partial charge in [0.2, 0.25) is 0 Å². The van der Waals surface area contributed by atoms with Gasteiger partial charge in [-0.2, -0.15) is 0 Å². The van der Waals surface area contributed by atoms with Gasteiger partial charge in [-0.1, -0.05) is 270 Å². The fraction of sp³-hybridized carbons (Fsp3) is 0.689. The van der Waals surface area contributed by atoms with E-state index in [1.807, 2.05) is 21.1 Å². The van der Waals surface area contributed by atoms with E-state index in [4.69, 9.17) is 18.9 Å². The molecule has 0 saturated carbocycles. The predicted molar refractivity (Wildman–Crippen MR) is 354 cm³/mol. The molecule has 0 amide bonds. The number of likely N-dealkylation sites (N-methyl/N-ethyl adjacent to an activating group) is 1. The van der Waals surface area contributed by atoms with Crippen LogP contribution < -0.4 is 0 Å². The summed E-state index contributed by atoms with van der Waals surface area (Å²) in [6, 6.07) is 0. The summed E-state index contributed by atoms with van der Waals surface area (Å²) >= 11 is 0. The average Bonchev–Trinajstić information content (AvgIpc) is 3.46. The van der Waals surface area contributed by atoms with Crippen molar-refractivity contribution in [3.63, 3.8) is 0 Å². The number of carbonyl (C=O) groups is 3. The fourth-order valence-corrected chi connectivity index (χ4v) is 9.06. The van der Waals surface area contributed by atoms with Crippen molar-refractivity contribution in [2.24, 2.45) is 0 Å². The van der Waals surface area contributed by atoms with Gasteiger partial charge < -0.3 is 28.5 Å². The first-order valence-electron chi connectivity index (χ1n) is 33.7. The van der Waals surface area contributed by atoms with Gasteiger partial charge in [0.05, 0.1) is 34.4 Å². The lowest BCUT2D eigenvalue weighted by Crippen LogP contribution is -2.40. The van der Waals surface area contributed by atoms with Crippen LogP contribution in [0.3, 0.4) is 0 Å². The minimum absolute atomic E-state index is 0.181. The molecule has 0 heterocycles. The molecule has 0 bridgehead atoms. The third kappa shape index (κ3) is 65.1. The van der Waals surface area contributed by atoms with Crippen LogP contribution in [-0.4, -0.2) is 87.4 Å². The highest BCUT2D eigenvalue weighted by molar-refractivity contribution is 5.71. The summed E-state index contributed by atoms with van der Waals surface area (Å²) in [4.78, 5) is 37.6. The van der Waals surface area contributed by atoms with Crippen LogP contribution in [0.1, 0.15) is 271 Å². The number of rotatable bonds is 61. The second-order valence-electron chi connectivity index (χ2n) is 23.4. The molecular weight excluding hydrogens is 1030 g/mol. The Bertz CT molecular complexity index is 1780. The number of ether oxygens (including phenoxy) is 4. The SMILES string of the molecule is CC/C=C\C/C=C\C/C=C\C/C=C\C/C=C\C/C=C\C/C=C\CCCCCCCCCCCCCCCC(=O)OC(COC(=O)CCCCCCCCCC/C=C\C/C=C\C/C=C\CCCCCCC)COC(OCC[N+](C)(C)C)C(=O)O. The van der Waals surface area contributed by atoms with Crippen LogP contribution in [0.4, 0.5) is 0 Å². The van der Waals surface area contributed by atoms with Crippen molar-refractivity contribution in [3.8, 4) is 0 Å². The van der Waals surface area contributed by atoms with E-state index in [9.17, 15) is 19.5 Å². The Kier molecular flexibility index (Phi) is 60.4. The minimum atomic E-state index is -1.52. The predicted octanol–water partition coefficient (Wildman–Crippen LogP) is 20.8. The third-order valence-electron chi connectivity index (χ3n) is 14.2. The number of hydrogen-bond donors (Lipinski definition) is 1. The smallest absolute Gasteiger partial charge is 0.361 e. The third-order valence-corrected chi connectivity index (χ3v) is 14.2. The second kappa shape index (κ2) is 63.7. The van der Waals surface area contributed by atoms with Gasteiger partial charge in [0.25, 0.3) is 6.29 Å². The number of esters is 2. The van der Waals surface area contributed by atoms with E-state index in [1.165, 1.54) is 128 Å². The van der Waals surface area contributed by atoms with Gasteiger partial charge in [0.1, 0.15) is 13.2 Å². The summed E-state index contributed by atoms with van der Waals surface area (Å²) < 4.78 is 22.9. The summed E-state index contributed by atoms with van der Waals surface area (Å²) in [5.41, 5.74) is 0. The van der Waals surface area contributed by atoms with Crippen LogP contribution in [-0.2, 0) is 33.3 Å². The zero-order chi connectivity index (χ0) is 60.5. The van der Waals surface area contributed by atoms with Crippen molar-refractivity contribution in [1.82, 2.24) is 0 Å².